The Morgan fingerprint density at radius 3 is 2.53 bits per heavy atom. The minimum absolute atomic E-state index is 0.101. The number of carbonyl (C=O) groups excluding carboxylic acids is 3. The van der Waals surface area contributed by atoms with Crippen LogP contribution < -0.4 is 0 Å². The van der Waals surface area contributed by atoms with Crippen LogP contribution in [0.1, 0.15) is 22.8 Å². The number of nitrogens with zero attached hydrogens (tertiary/aromatic N) is 1. The van der Waals surface area contributed by atoms with Crippen molar-refractivity contribution in [2.75, 3.05) is 6.61 Å². The molecule has 0 fully saturated rings. The number of ether oxygens (including phenoxy) is 1. The molecule has 0 N–H and O–H groups in total. The average molecular weight is 235 g/mol. The number of hydrogen-bond donors (Lipinski definition) is 0. The molecule has 0 atom stereocenters. The number of hydrogen-bond acceptors (Lipinski definition) is 4. The molecule has 0 spiro atoms. The van der Waals surface area contributed by atoms with Crippen LogP contribution in [0.2, 0.25) is 0 Å². The molecule has 0 heterocycles. The normalized spacial score (nSPS) is 9.53. The molecule has 0 unspecified atom stereocenters. The van der Waals surface area contributed by atoms with Crippen molar-refractivity contribution < 1.29 is 19.1 Å². The lowest BCUT2D eigenvalue weighted by Crippen LogP contribution is -2.36. The summed E-state index contributed by atoms with van der Waals surface area (Å²) in [6.45, 7) is 3.42. The van der Waals surface area contributed by atoms with E-state index in [1.807, 2.05) is 0 Å². The molecule has 0 aliphatic carbocycles. The molecule has 3 amide bonds. The third-order valence-electron chi connectivity index (χ3n) is 2.16. The molecular weight excluding hydrogens is 222 g/mol. The maximum atomic E-state index is 11.9. The Labute approximate surface area is 99.0 Å². The van der Waals surface area contributed by atoms with Crippen molar-refractivity contribution in [3.8, 4) is 0 Å². The van der Waals surface area contributed by atoms with Gasteiger partial charge in [0.2, 0.25) is 6.41 Å². The molecule has 0 aliphatic rings. The van der Waals surface area contributed by atoms with E-state index in [9.17, 15) is 14.4 Å². The van der Waals surface area contributed by atoms with Gasteiger partial charge in [0.25, 0.3) is 5.91 Å². The molecule has 0 bridgehead atoms. The van der Waals surface area contributed by atoms with Gasteiger partial charge in [0, 0.05) is 5.56 Å². The van der Waals surface area contributed by atoms with E-state index in [0.717, 1.165) is 0 Å². The highest BCUT2D eigenvalue weighted by molar-refractivity contribution is 6.10. The summed E-state index contributed by atoms with van der Waals surface area (Å²) in [4.78, 5) is 34.4. The van der Waals surface area contributed by atoms with Gasteiger partial charge < -0.3 is 4.74 Å². The van der Waals surface area contributed by atoms with Crippen LogP contribution in [0.4, 0.5) is 4.79 Å². The van der Waals surface area contributed by atoms with Gasteiger partial charge in [-0.3, -0.25) is 9.59 Å². The first-order chi connectivity index (χ1) is 8.11. The zero-order valence-corrected chi connectivity index (χ0v) is 9.67. The van der Waals surface area contributed by atoms with Gasteiger partial charge in [-0.05, 0) is 25.5 Å². The zero-order valence-electron chi connectivity index (χ0n) is 9.67. The SMILES string of the molecule is CCOC(=O)N(C=O)C(=O)c1ccccc1C. The molecule has 0 aliphatic heterocycles. The predicted octanol–water partition coefficient (Wildman–Crippen LogP) is 1.75. The predicted molar refractivity (Wildman–Crippen MR) is 60.4 cm³/mol. The Hall–Kier alpha value is -2.17. The maximum absolute atomic E-state index is 11.9. The van der Waals surface area contributed by atoms with E-state index in [4.69, 9.17) is 0 Å². The summed E-state index contributed by atoms with van der Waals surface area (Å²) in [5, 5.41) is 0. The Bertz CT molecular complexity index is 442. The molecule has 1 rings (SSSR count). The van der Waals surface area contributed by atoms with Gasteiger partial charge in [-0.15, -0.1) is 0 Å². The minimum atomic E-state index is -0.962. The summed E-state index contributed by atoms with van der Waals surface area (Å²) in [5.74, 6) is -0.684. The first kappa shape index (κ1) is 12.9. The summed E-state index contributed by atoms with van der Waals surface area (Å²) in [5.41, 5.74) is 0.987. The van der Waals surface area contributed by atoms with Crippen LogP contribution in [0.15, 0.2) is 24.3 Å². The summed E-state index contributed by atoms with van der Waals surface area (Å²) in [7, 11) is 0. The molecule has 5 heteroatoms. The van der Waals surface area contributed by atoms with E-state index >= 15 is 0 Å². The number of imide groups is 3. The maximum Gasteiger partial charge on any atom is 0.423 e. The smallest absolute Gasteiger partial charge is 0.423 e. The Balaban J connectivity index is 2.98. The highest BCUT2D eigenvalue weighted by Gasteiger charge is 2.24. The van der Waals surface area contributed by atoms with Gasteiger partial charge in [-0.2, -0.15) is 4.90 Å². The van der Waals surface area contributed by atoms with Crippen LogP contribution in [-0.2, 0) is 9.53 Å². The third kappa shape index (κ3) is 2.90. The standard InChI is InChI=1S/C12H13NO4/c1-3-17-12(16)13(8-14)11(15)10-7-5-4-6-9(10)2/h4-8H,3H2,1-2H3. The van der Waals surface area contributed by atoms with Crippen LogP contribution in [0, 0.1) is 6.92 Å². The summed E-state index contributed by atoms with van der Waals surface area (Å²) in [6.07, 6.45) is -0.803. The molecular formula is C12H13NO4. The van der Waals surface area contributed by atoms with Crippen LogP contribution in [0.3, 0.4) is 0 Å². The number of carbonyl (C=O) groups is 3. The van der Waals surface area contributed by atoms with Crippen molar-refractivity contribution in [1.29, 1.82) is 0 Å². The zero-order chi connectivity index (χ0) is 12.8. The van der Waals surface area contributed by atoms with Crippen LogP contribution in [0.25, 0.3) is 0 Å². The van der Waals surface area contributed by atoms with Crippen LogP contribution in [0.5, 0.6) is 0 Å². The molecule has 1 aromatic carbocycles. The van der Waals surface area contributed by atoms with Crippen molar-refractivity contribution >= 4 is 18.4 Å². The first-order valence-corrected chi connectivity index (χ1v) is 5.13. The van der Waals surface area contributed by atoms with Gasteiger partial charge >= 0.3 is 6.09 Å². The molecule has 90 valence electrons. The van der Waals surface area contributed by atoms with Crippen molar-refractivity contribution in [3.63, 3.8) is 0 Å². The molecule has 0 aromatic heterocycles. The second kappa shape index (κ2) is 5.79. The van der Waals surface area contributed by atoms with Crippen molar-refractivity contribution in [3.05, 3.63) is 35.4 Å². The molecule has 5 nitrogen and oxygen atoms in total. The van der Waals surface area contributed by atoms with Crippen LogP contribution in [-0.4, -0.2) is 29.9 Å². The van der Waals surface area contributed by atoms with Crippen molar-refractivity contribution in [2.45, 2.75) is 13.8 Å². The van der Waals surface area contributed by atoms with Gasteiger partial charge in [-0.25, -0.2) is 4.79 Å². The third-order valence-corrected chi connectivity index (χ3v) is 2.16. The largest absolute Gasteiger partial charge is 0.449 e. The fourth-order valence-corrected chi connectivity index (χ4v) is 1.31. The lowest BCUT2D eigenvalue weighted by molar-refractivity contribution is -0.114. The lowest BCUT2D eigenvalue weighted by Gasteiger charge is -2.14. The van der Waals surface area contributed by atoms with E-state index in [1.54, 1.807) is 38.1 Å². The van der Waals surface area contributed by atoms with Gasteiger partial charge in [0.15, 0.2) is 0 Å². The summed E-state index contributed by atoms with van der Waals surface area (Å²) in [6, 6.07) is 6.70. The van der Waals surface area contributed by atoms with Gasteiger partial charge in [0.05, 0.1) is 6.61 Å². The summed E-state index contributed by atoms with van der Waals surface area (Å²) >= 11 is 0. The molecule has 1 aromatic rings. The van der Waals surface area contributed by atoms with Gasteiger partial charge in [0.1, 0.15) is 0 Å². The number of benzene rings is 1. The van der Waals surface area contributed by atoms with Crippen molar-refractivity contribution in [2.24, 2.45) is 0 Å². The number of rotatable bonds is 3. The quantitative estimate of drug-likeness (QED) is 0.749. The van der Waals surface area contributed by atoms with E-state index in [-0.39, 0.29) is 13.0 Å². The monoisotopic (exact) mass is 235 g/mol. The molecule has 0 saturated carbocycles. The van der Waals surface area contributed by atoms with Gasteiger partial charge in [-0.1, -0.05) is 18.2 Å². The Morgan fingerprint density at radius 1 is 1.35 bits per heavy atom. The van der Waals surface area contributed by atoms with E-state index < -0.39 is 12.0 Å². The highest BCUT2D eigenvalue weighted by atomic mass is 16.6. The Kier molecular flexibility index (Phi) is 4.39. The molecule has 0 radical (unpaired) electrons. The second-order valence-electron chi connectivity index (χ2n) is 3.29. The first-order valence-electron chi connectivity index (χ1n) is 5.13. The van der Waals surface area contributed by atoms with Crippen LogP contribution >= 0.6 is 0 Å². The fraction of sp³-hybridized carbons (Fsp3) is 0.250. The van der Waals surface area contributed by atoms with E-state index in [2.05, 4.69) is 4.74 Å². The number of aryl methyl sites for hydroxylation is 1. The van der Waals surface area contributed by atoms with E-state index in [0.29, 0.717) is 16.0 Å². The number of amides is 3. The lowest BCUT2D eigenvalue weighted by atomic mass is 10.1. The minimum Gasteiger partial charge on any atom is -0.449 e. The molecule has 17 heavy (non-hydrogen) atoms. The van der Waals surface area contributed by atoms with E-state index in [1.165, 1.54) is 0 Å². The Morgan fingerprint density at radius 2 is 2.00 bits per heavy atom. The highest BCUT2D eigenvalue weighted by Crippen LogP contribution is 2.10. The summed E-state index contributed by atoms with van der Waals surface area (Å²) < 4.78 is 4.61. The van der Waals surface area contributed by atoms with Crippen molar-refractivity contribution in [1.82, 2.24) is 4.90 Å². The average Bonchev–Trinajstić information content (AvgIpc) is 2.30. The molecule has 0 saturated heterocycles. The topological polar surface area (TPSA) is 63.7 Å². The fourth-order valence-electron chi connectivity index (χ4n) is 1.31. The second-order valence-corrected chi connectivity index (χ2v) is 3.29.